The van der Waals surface area contributed by atoms with Gasteiger partial charge in [0.05, 0.1) is 34.2 Å². The lowest BCUT2D eigenvalue weighted by atomic mass is 10.1. The van der Waals surface area contributed by atoms with E-state index >= 15 is 0 Å². The molecule has 238 valence electrons. The number of aromatic nitrogens is 8. The Labute approximate surface area is 266 Å². The van der Waals surface area contributed by atoms with Crippen LogP contribution < -0.4 is 11.5 Å². The molecule has 4 N–H and O–H groups in total. The summed E-state index contributed by atoms with van der Waals surface area (Å²) >= 11 is 0. The maximum Gasteiger partial charge on any atom is 0.164 e. The van der Waals surface area contributed by atoms with Gasteiger partial charge in [-0.3, -0.25) is 0 Å². The van der Waals surface area contributed by atoms with Crippen molar-refractivity contribution in [2.45, 2.75) is 65.5 Å². The molecule has 0 amide bonds. The summed E-state index contributed by atoms with van der Waals surface area (Å²) in [6, 6.07) is 13.9. The number of hydrogen-bond donors (Lipinski definition) is 2. The summed E-state index contributed by atoms with van der Waals surface area (Å²) in [6.07, 6.45) is 12.5. The van der Waals surface area contributed by atoms with E-state index in [0.717, 1.165) is 64.6 Å². The van der Waals surface area contributed by atoms with Gasteiger partial charge in [-0.25, -0.2) is 38.1 Å². The SMILES string of the molecule is C.C.Nc1ncnc2c1c(/C=C/c1cccc(F)c1)nn2C1CC1.Nc1ncnc2c1c(CCc1cccc(F)c1)nn2C1CC1. The molecule has 2 aromatic carbocycles. The number of halogens is 2. The predicted octanol–water partition coefficient (Wildman–Crippen LogP) is 6.99. The number of aryl methyl sites for hydroxylation is 2. The summed E-state index contributed by atoms with van der Waals surface area (Å²) in [5, 5.41) is 10.9. The highest BCUT2D eigenvalue weighted by atomic mass is 19.1. The zero-order valence-corrected chi connectivity index (χ0v) is 23.8. The zero-order chi connectivity index (χ0) is 30.2. The Kier molecular flexibility index (Phi) is 9.36. The first-order valence-electron chi connectivity index (χ1n) is 14.6. The van der Waals surface area contributed by atoms with Crippen molar-refractivity contribution in [1.29, 1.82) is 0 Å². The summed E-state index contributed by atoms with van der Waals surface area (Å²) in [7, 11) is 0. The Morgan fingerprint density at radius 3 is 1.91 bits per heavy atom. The maximum absolute atomic E-state index is 13.3. The van der Waals surface area contributed by atoms with Crippen LogP contribution in [0.4, 0.5) is 20.4 Å². The van der Waals surface area contributed by atoms with Gasteiger partial charge in [-0.15, -0.1) is 0 Å². The van der Waals surface area contributed by atoms with Gasteiger partial charge in [0.1, 0.15) is 35.9 Å². The van der Waals surface area contributed by atoms with Crippen LogP contribution in [0, 0.1) is 11.6 Å². The first-order valence-corrected chi connectivity index (χ1v) is 14.6. The van der Waals surface area contributed by atoms with Crippen LogP contribution in [-0.2, 0) is 12.8 Å². The summed E-state index contributed by atoms with van der Waals surface area (Å²) in [4.78, 5) is 16.8. The molecule has 8 rings (SSSR count). The first kappa shape index (κ1) is 32.1. The van der Waals surface area contributed by atoms with Crippen molar-refractivity contribution in [3.05, 3.63) is 95.3 Å². The molecule has 0 atom stereocenters. The molecule has 0 saturated heterocycles. The molecule has 12 heteroatoms. The fourth-order valence-corrected chi connectivity index (χ4v) is 5.27. The van der Waals surface area contributed by atoms with Gasteiger partial charge in [-0.1, -0.05) is 45.2 Å². The van der Waals surface area contributed by atoms with Crippen molar-refractivity contribution in [1.82, 2.24) is 39.5 Å². The van der Waals surface area contributed by atoms with Gasteiger partial charge >= 0.3 is 0 Å². The fourth-order valence-electron chi connectivity index (χ4n) is 5.27. The topological polar surface area (TPSA) is 139 Å². The number of hydrogen-bond acceptors (Lipinski definition) is 8. The fraction of sp³-hybridized carbons (Fsp3) is 0.294. The summed E-state index contributed by atoms with van der Waals surface area (Å²) < 4.78 is 30.4. The van der Waals surface area contributed by atoms with E-state index in [9.17, 15) is 8.78 Å². The molecule has 6 aromatic rings. The highest BCUT2D eigenvalue weighted by Gasteiger charge is 2.29. The van der Waals surface area contributed by atoms with Crippen LogP contribution in [0.25, 0.3) is 34.2 Å². The highest BCUT2D eigenvalue weighted by molar-refractivity contribution is 5.94. The molecule has 0 aliphatic heterocycles. The average Bonchev–Trinajstić information content (AvgIpc) is 3.96. The second-order valence-corrected chi connectivity index (χ2v) is 11.1. The van der Waals surface area contributed by atoms with Crippen LogP contribution >= 0.6 is 0 Å². The second kappa shape index (κ2) is 13.4. The third-order valence-electron chi connectivity index (χ3n) is 7.74. The van der Waals surface area contributed by atoms with E-state index in [0.29, 0.717) is 42.3 Å². The average molecular weight is 625 g/mol. The molecule has 46 heavy (non-hydrogen) atoms. The number of fused-ring (bicyclic) bond motifs is 2. The van der Waals surface area contributed by atoms with E-state index in [4.69, 9.17) is 16.6 Å². The van der Waals surface area contributed by atoms with E-state index in [-0.39, 0.29) is 26.5 Å². The van der Waals surface area contributed by atoms with Crippen molar-refractivity contribution in [2.75, 3.05) is 11.5 Å². The van der Waals surface area contributed by atoms with Crippen LogP contribution in [0.1, 0.15) is 75.1 Å². The van der Waals surface area contributed by atoms with Crippen LogP contribution in [0.2, 0.25) is 0 Å². The molecule has 4 heterocycles. The number of benzene rings is 2. The van der Waals surface area contributed by atoms with Gasteiger partial charge in [0.15, 0.2) is 11.3 Å². The Balaban J connectivity index is 0.000000174. The van der Waals surface area contributed by atoms with Gasteiger partial charge in [0.25, 0.3) is 0 Å². The lowest BCUT2D eigenvalue weighted by Crippen LogP contribution is -1.99. The molecular formula is C34H38F2N10. The quantitative estimate of drug-likeness (QED) is 0.194. The zero-order valence-electron chi connectivity index (χ0n) is 23.8. The normalized spacial score (nSPS) is 14.1. The molecule has 2 saturated carbocycles. The molecule has 4 aromatic heterocycles. The summed E-state index contributed by atoms with van der Waals surface area (Å²) in [5.74, 6) is 0.397. The van der Waals surface area contributed by atoms with E-state index in [2.05, 4.69) is 25.0 Å². The maximum atomic E-state index is 13.3. The Morgan fingerprint density at radius 1 is 0.696 bits per heavy atom. The summed E-state index contributed by atoms with van der Waals surface area (Å²) in [6.45, 7) is 0. The van der Waals surface area contributed by atoms with Gasteiger partial charge in [0.2, 0.25) is 0 Å². The third-order valence-corrected chi connectivity index (χ3v) is 7.74. The van der Waals surface area contributed by atoms with E-state index in [1.54, 1.807) is 18.2 Å². The summed E-state index contributed by atoms with van der Waals surface area (Å²) in [5.41, 5.74) is 16.9. The van der Waals surface area contributed by atoms with Crippen LogP contribution in [0.5, 0.6) is 0 Å². The van der Waals surface area contributed by atoms with Gasteiger partial charge in [-0.05, 0) is 80.0 Å². The van der Waals surface area contributed by atoms with Crippen LogP contribution in [-0.4, -0.2) is 39.5 Å². The van der Waals surface area contributed by atoms with Crippen molar-refractivity contribution in [2.24, 2.45) is 0 Å². The van der Waals surface area contributed by atoms with Crippen molar-refractivity contribution < 1.29 is 8.78 Å². The molecule has 0 unspecified atom stereocenters. The molecule has 2 fully saturated rings. The predicted molar refractivity (Wildman–Crippen MR) is 179 cm³/mol. The van der Waals surface area contributed by atoms with Gasteiger partial charge in [-0.2, -0.15) is 10.2 Å². The van der Waals surface area contributed by atoms with Crippen molar-refractivity contribution >= 4 is 45.9 Å². The van der Waals surface area contributed by atoms with Gasteiger partial charge in [0, 0.05) is 0 Å². The number of nitrogen functional groups attached to an aromatic ring is 2. The molecule has 2 aliphatic carbocycles. The number of nitrogens with two attached hydrogens (primary N) is 2. The molecular weight excluding hydrogens is 586 g/mol. The molecule has 0 radical (unpaired) electrons. The molecule has 0 bridgehead atoms. The molecule has 10 nitrogen and oxygen atoms in total. The van der Waals surface area contributed by atoms with E-state index in [1.165, 1.54) is 30.9 Å². The van der Waals surface area contributed by atoms with Gasteiger partial charge < -0.3 is 11.5 Å². The van der Waals surface area contributed by atoms with Crippen molar-refractivity contribution in [3.63, 3.8) is 0 Å². The van der Waals surface area contributed by atoms with E-state index in [1.807, 2.05) is 33.6 Å². The number of rotatable bonds is 7. The number of anilines is 2. The second-order valence-electron chi connectivity index (χ2n) is 11.1. The minimum Gasteiger partial charge on any atom is -0.383 e. The highest BCUT2D eigenvalue weighted by Crippen LogP contribution is 2.39. The number of nitrogens with zero attached hydrogens (tertiary/aromatic N) is 8. The Morgan fingerprint density at radius 2 is 1.28 bits per heavy atom. The lowest BCUT2D eigenvalue weighted by Gasteiger charge is -2.01. The van der Waals surface area contributed by atoms with Crippen molar-refractivity contribution in [3.8, 4) is 0 Å². The Bertz CT molecular complexity index is 2010. The van der Waals surface area contributed by atoms with Crippen LogP contribution in [0.3, 0.4) is 0 Å². The first-order chi connectivity index (χ1) is 21.4. The smallest absolute Gasteiger partial charge is 0.164 e. The lowest BCUT2D eigenvalue weighted by molar-refractivity contribution is 0.624. The Hall–Kier alpha value is -5.26. The monoisotopic (exact) mass is 624 g/mol. The minimum atomic E-state index is -0.265. The minimum absolute atomic E-state index is 0. The standard InChI is InChI=1S/C16H16FN5.C16H14FN5.2CH4/c2*17-11-3-1-2-10(8-11)4-7-13-14-15(18)19-9-20-16(14)22(21-13)12-5-6-12;;/h1-3,8-9,12H,4-7H2,(H2,18,19,20);1-4,7-9,12H,5-6H2,(H2,18,19,20);2*1H4/b;7-4+;;. The molecule has 0 spiro atoms. The molecule has 2 aliphatic rings. The largest absolute Gasteiger partial charge is 0.383 e. The van der Waals surface area contributed by atoms with E-state index < -0.39 is 0 Å². The van der Waals surface area contributed by atoms with Crippen LogP contribution in [0.15, 0.2) is 61.2 Å². The third kappa shape index (κ3) is 6.70.